The number of hydrogen-bond donors (Lipinski definition) is 2. The summed E-state index contributed by atoms with van der Waals surface area (Å²) >= 11 is 6.19. The van der Waals surface area contributed by atoms with E-state index in [4.69, 9.17) is 16.3 Å². The number of sulfonamides is 1. The highest BCUT2D eigenvalue weighted by Crippen LogP contribution is 2.27. The molecule has 0 aliphatic heterocycles. The second kappa shape index (κ2) is 10.3. The topological polar surface area (TPSA) is 84.5 Å². The highest BCUT2D eigenvalue weighted by molar-refractivity contribution is 7.92. The Balaban J connectivity index is 1.84. The van der Waals surface area contributed by atoms with Crippen molar-refractivity contribution in [3.63, 3.8) is 0 Å². The number of halogens is 1. The number of carbonyl (C=O) groups excluding carboxylic acids is 1. The van der Waals surface area contributed by atoms with Gasteiger partial charge in [-0.2, -0.15) is 0 Å². The van der Waals surface area contributed by atoms with E-state index in [0.29, 0.717) is 12.1 Å². The van der Waals surface area contributed by atoms with Crippen molar-refractivity contribution in [3.8, 4) is 5.75 Å². The van der Waals surface area contributed by atoms with Crippen LogP contribution in [0.1, 0.15) is 46.4 Å². The lowest BCUT2D eigenvalue weighted by atomic mass is 10.0. The molecule has 3 aromatic rings. The number of amides is 1. The summed E-state index contributed by atoms with van der Waals surface area (Å²) in [6.45, 7) is 5.82. The third kappa shape index (κ3) is 5.86. The van der Waals surface area contributed by atoms with Crippen LogP contribution in [0.25, 0.3) is 0 Å². The van der Waals surface area contributed by atoms with Crippen molar-refractivity contribution < 1.29 is 17.9 Å². The second-order valence-electron chi connectivity index (χ2n) is 7.78. The van der Waals surface area contributed by atoms with Gasteiger partial charge in [0.1, 0.15) is 10.6 Å². The highest BCUT2D eigenvalue weighted by atomic mass is 35.5. The summed E-state index contributed by atoms with van der Waals surface area (Å²) in [7, 11) is -2.38. The van der Waals surface area contributed by atoms with Gasteiger partial charge in [-0.1, -0.05) is 48.4 Å². The highest BCUT2D eigenvalue weighted by Gasteiger charge is 2.22. The summed E-state index contributed by atoms with van der Waals surface area (Å²) in [5.74, 6) is 0.382. The molecule has 8 heteroatoms. The van der Waals surface area contributed by atoms with Gasteiger partial charge in [-0.15, -0.1) is 0 Å². The van der Waals surface area contributed by atoms with Crippen LogP contribution in [-0.2, 0) is 10.0 Å². The molecule has 3 rings (SSSR count). The molecular formula is C25H27ClN2O4S. The summed E-state index contributed by atoms with van der Waals surface area (Å²) in [4.78, 5) is 12.8. The third-order valence-electron chi connectivity index (χ3n) is 5.32. The van der Waals surface area contributed by atoms with E-state index < -0.39 is 15.9 Å². The van der Waals surface area contributed by atoms with Gasteiger partial charge in [-0.3, -0.25) is 9.52 Å². The van der Waals surface area contributed by atoms with Crippen LogP contribution in [0.3, 0.4) is 0 Å². The molecule has 0 fully saturated rings. The third-order valence-corrected chi connectivity index (χ3v) is 7.18. The normalized spacial score (nSPS) is 12.2. The van der Waals surface area contributed by atoms with Gasteiger partial charge in [0, 0.05) is 11.3 Å². The van der Waals surface area contributed by atoms with E-state index in [9.17, 15) is 13.2 Å². The van der Waals surface area contributed by atoms with Crippen LogP contribution < -0.4 is 14.8 Å². The maximum Gasteiger partial charge on any atom is 0.263 e. The fourth-order valence-electron chi connectivity index (χ4n) is 3.46. The summed E-state index contributed by atoms with van der Waals surface area (Å²) in [5.41, 5.74) is 3.52. The van der Waals surface area contributed by atoms with Gasteiger partial charge < -0.3 is 10.1 Å². The van der Waals surface area contributed by atoms with Crippen molar-refractivity contribution >= 4 is 33.2 Å². The van der Waals surface area contributed by atoms with Crippen LogP contribution in [-0.4, -0.2) is 21.4 Å². The number of benzene rings is 3. The predicted molar refractivity (Wildman–Crippen MR) is 132 cm³/mol. The molecule has 174 valence electrons. The smallest absolute Gasteiger partial charge is 0.263 e. The van der Waals surface area contributed by atoms with Crippen LogP contribution in [0.15, 0.2) is 65.6 Å². The molecule has 0 saturated heterocycles. The molecule has 0 spiro atoms. The Hall–Kier alpha value is -3.03. The van der Waals surface area contributed by atoms with Crippen LogP contribution in [0.5, 0.6) is 5.75 Å². The van der Waals surface area contributed by atoms with E-state index >= 15 is 0 Å². The van der Waals surface area contributed by atoms with E-state index in [1.165, 1.54) is 18.2 Å². The predicted octanol–water partition coefficient (Wildman–Crippen LogP) is 5.65. The first kappa shape index (κ1) is 24.6. The van der Waals surface area contributed by atoms with Crippen molar-refractivity contribution in [2.75, 3.05) is 11.8 Å². The quantitative estimate of drug-likeness (QED) is 0.431. The Labute approximate surface area is 200 Å². The molecule has 0 saturated carbocycles. The minimum Gasteiger partial charge on any atom is -0.496 e. The maximum atomic E-state index is 13.0. The lowest BCUT2D eigenvalue weighted by molar-refractivity contribution is 0.0935. The molecular weight excluding hydrogens is 460 g/mol. The van der Waals surface area contributed by atoms with Crippen molar-refractivity contribution in [2.24, 2.45) is 0 Å². The number of aryl methyl sites for hydroxylation is 2. The van der Waals surface area contributed by atoms with E-state index in [1.807, 2.05) is 39.0 Å². The molecule has 1 atom stereocenters. The number of nitrogens with one attached hydrogen (secondary N) is 2. The van der Waals surface area contributed by atoms with Crippen molar-refractivity contribution in [1.82, 2.24) is 5.32 Å². The first-order valence-electron chi connectivity index (χ1n) is 10.5. The molecule has 0 unspecified atom stereocenters. The Kier molecular flexibility index (Phi) is 7.66. The average molecular weight is 487 g/mol. The first-order chi connectivity index (χ1) is 15.6. The Bertz CT molecular complexity index is 1260. The number of carbonyl (C=O) groups is 1. The summed E-state index contributed by atoms with van der Waals surface area (Å²) in [5, 5.41) is 3.01. The van der Waals surface area contributed by atoms with Crippen LogP contribution >= 0.6 is 11.6 Å². The minimum atomic E-state index is -3.99. The zero-order valence-electron chi connectivity index (χ0n) is 19.0. The number of ether oxygens (including phenoxy) is 1. The fraction of sp³-hybridized carbons (Fsp3) is 0.240. The molecule has 0 bridgehead atoms. The standard InChI is InChI=1S/C25H27ClN2O4S/c1-5-22(18-9-13-23(32-4)17(3)14-18)27-25(29)19-8-12-21(26)24(15-19)33(30,31)28-20-10-6-16(2)7-11-20/h6-15,22,28H,5H2,1-4H3,(H,27,29)/t22-/m0/s1. The number of hydrogen-bond acceptors (Lipinski definition) is 4. The lowest BCUT2D eigenvalue weighted by Crippen LogP contribution is -2.28. The molecule has 1 amide bonds. The van der Waals surface area contributed by atoms with Gasteiger partial charge in [0.05, 0.1) is 18.2 Å². The zero-order chi connectivity index (χ0) is 24.2. The van der Waals surface area contributed by atoms with Crippen molar-refractivity contribution in [1.29, 1.82) is 0 Å². The van der Waals surface area contributed by atoms with E-state index in [2.05, 4.69) is 10.0 Å². The first-order valence-corrected chi connectivity index (χ1v) is 12.3. The van der Waals surface area contributed by atoms with Gasteiger partial charge >= 0.3 is 0 Å². The molecule has 0 radical (unpaired) electrons. The van der Waals surface area contributed by atoms with Gasteiger partial charge in [0.25, 0.3) is 15.9 Å². The Morgan fingerprint density at radius 2 is 1.73 bits per heavy atom. The van der Waals surface area contributed by atoms with Crippen LogP contribution in [0.2, 0.25) is 5.02 Å². The molecule has 0 aliphatic rings. The van der Waals surface area contributed by atoms with Crippen LogP contribution in [0.4, 0.5) is 5.69 Å². The van der Waals surface area contributed by atoms with Gasteiger partial charge in [0.2, 0.25) is 0 Å². The monoisotopic (exact) mass is 486 g/mol. The molecule has 6 nitrogen and oxygen atoms in total. The largest absolute Gasteiger partial charge is 0.496 e. The van der Waals surface area contributed by atoms with Gasteiger partial charge in [-0.25, -0.2) is 8.42 Å². The van der Waals surface area contributed by atoms with Gasteiger partial charge in [-0.05, 0) is 67.8 Å². The Morgan fingerprint density at radius 3 is 2.33 bits per heavy atom. The van der Waals surface area contributed by atoms with E-state index in [0.717, 1.165) is 22.4 Å². The molecule has 0 aliphatic carbocycles. The number of methoxy groups -OCH3 is 1. The fourth-order valence-corrected chi connectivity index (χ4v) is 5.05. The average Bonchev–Trinajstić information content (AvgIpc) is 2.78. The maximum absolute atomic E-state index is 13.0. The van der Waals surface area contributed by atoms with E-state index in [-0.39, 0.29) is 21.5 Å². The number of anilines is 1. The molecule has 33 heavy (non-hydrogen) atoms. The minimum absolute atomic E-state index is 0.0315. The van der Waals surface area contributed by atoms with E-state index in [1.54, 1.807) is 31.4 Å². The summed E-state index contributed by atoms with van der Waals surface area (Å²) in [6, 6.07) is 16.6. The SMILES string of the molecule is CC[C@H](NC(=O)c1ccc(Cl)c(S(=O)(=O)Nc2ccc(C)cc2)c1)c1ccc(OC)c(C)c1. The molecule has 2 N–H and O–H groups in total. The van der Waals surface area contributed by atoms with Crippen molar-refractivity contribution in [2.45, 2.75) is 38.1 Å². The van der Waals surface area contributed by atoms with Crippen LogP contribution in [0, 0.1) is 13.8 Å². The second-order valence-corrected chi connectivity index (χ2v) is 9.84. The Morgan fingerprint density at radius 1 is 1.03 bits per heavy atom. The lowest BCUT2D eigenvalue weighted by Gasteiger charge is -2.19. The summed E-state index contributed by atoms with van der Waals surface area (Å²) < 4.78 is 33.7. The zero-order valence-corrected chi connectivity index (χ0v) is 20.5. The summed E-state index contributed by atoms with van der Waals surface area (Å²) in [6.07, 6.45) is 0.658. The molecule has 3 aromatic carbocycles. The number of rotatable bonds is 8. The molecule has 0 heterocycles. The van der Waals surface area contributed by atoms with Crippen molar-refractivity contribution in [3.05, 3.63) is 87.9 Å². The molecule has 0 aromatic heterocycles. The van der Waals surface area contributed by atoms with Gasteiger partial charge in [0.15, 0.2) is 0 Å².